The molecule has 0 bridgehead atoms. The predicted molar refractivity (Wildman–Crippen MR) is 104 cm³/mol. The van der Waals surface area contributed by atoms with Gasteiger partial charge in [0.1, 0.15) is 5.82 Å². The maximum Gasteiger partial charge on any atom is 0.313 e. The molecule has 2 N–H and O–H groups in total. The lowest BCUT2D eigenvalue weighted by Crippen LogP contribution is -2.42. The molecule has 27 heavy (non-hydrogen) atoms. The molecule has 1 aliphatic heterocycles. The number of aromatic nitrogens is 2. The van der Waals surface area contributed by atoms with Gasteiger partial charge in [-0.25, -0.2) is 4.98 Å². The number of nitrogens with one attached hydrogen (secondary N) is 2. The number of piperidine rings is 1. The Labute approximate surface area is 159 Å². The van der Waals surface area contributed by atoms with Gasteiger partial charge in [-0.1, -0.05) is 19.1 Å². The van der Waals surface area contributed by atoms with Crippen LogP contribution in [0.2, 0.25) is 0 Å². The van der Waals surface area contributed by atoms with Gasteiger partial charge in [-0.2, -0.15) is 0 Å². The summed E-state index contributed by atoms with van der Waals surface area (Å²) in [6.45, 7) is 4.32. The molecule has 0 radical (unpaired) electrons. The second-order valence-electron chi connectivity index (χ2n) is 6.71. The van der Waals surface area contributed by atoms with Gasteiger partial charge in [0, 0.05) is 37.7 Å². The Balaban J connectivity index is 1.40. The maximum absolute atomic E-state index is 12.0. The second-order valence-corrected chi connectivity index (χ2v) is 6.71. The first-order chi connectivity index (χ1) is 13.2. The van der Waals surface area contributed by atoms with E-state index >= 15 is 0 Å². The highest BCUT2D eigenvalue weighted by atomic mass is 16.2. The quantitative estimate of drug-likeness (QED) is 0.790. The number of rotatable bonds is 5. The number of carbonyl (C=O) groups excluding carboxylic acids is 2. The van der Waals surface area contributed by atoms with Gasteiger partial charge in [-0.15, -0.1) is 0 Å². The van der Waals surface area contributed by atoms with Crippen molar-refractivity contribution < 1.29 is 9.59 Å². The summed E-state index contributed by atoms with van der Waals surface area (Å²) in [5.41, 5.74) is 1.81. The smallest absolute Gasteiger partial charge is 0.313 e. The molecule has 1 aromatic heterocycles. The molecule has 7 nitrogen and oxygen atoms in total. The lowest BCUT2D eigenvalue weighted by Gasteiger charge is -2.32. The molecule has 0 saturated carbocycles. The summed E-state index contributed by atoms with van der Waals surface area (Å²) in [6, 6.07) is 7.51. The molecule has 0 aliphatic carbocycles. The first-order valence-electron chi connectivity index (χ1n) is 9.34. The summed E-state index contributed by atoms with van der Waals surface area (Å²) in [4.78, 5) is 34.7. The van der Waals surface area contributed by atoms with E-state index in [1.54, 1.807) is 18.6 Å². The highest BCUT2D eigenvalue weighted by Gasteiger charge is 2.22. The Morgan fingerprint density at radius 3 is 2.48 bits per heavy atom. The molecule has 1 aliphatic rings. The Morgan fingerprint density at radius 1 is 1.11 bits per heavy atom. The Kier molecular flexibility index (Phi) is 6.35. The third-order valence-corrected chi connectivity index (χ3v) is 4.87. The number of nitrogens with zero attached hydrogens (tertiary/aromatic N) is 3. The number of hydrogen-bond donors (Lipinski definition) is 2. The molecule has 1 saturated heterocycles. The van der Waals surface area contributed by atoms with Gasteiger partial charge in [0.15, 0.2) is 0 Å². The number of hydrogen-bond acceptors (Lipinski definition) is 5. The minimum absolute atomic E-state index is 0.360. The molecule has 7 heteroatoms. The van der Waals surface area contributed by atoms with Gasteiger partial charge in [0.2, 0.25) is 0 Å². The Hall–Kier alpha value is -2.96. The molecule has 0 unspecified atom stereocenters. The molecule has 142 valence electrons. The first kappa shape index (κ1) is 18.8. The van der Waals surface area contributed by atoms with Crippen LogP contribution in [0.15, 0.2) is 42.9 Å². The van der Waals surface area contributed by atoms with E-state index in [4.69, 9.17) is 0 Å². The number of carbonyl (C=O) groups is 2. The average Bonchev–Trinajstić information content (AvgIpc) is 2.73. The van der Waals surface area contributed by atoms with Gasteiger partial charge in [-0.05, 0) is 42.9 Å². The summed E-state index contributed by atoms with van der Waals surface area (Å²) >= 11 is 0. The summed E-state index contributed by atoms with van der Waals surface area (Å²) < 4.78 is 0. The van der Waals surface area contributed by atoms with Crippen molar-refractivity contribution in [1.82, 2.24) is 15.3 Å². The van der Waals surface area contributed by atoms with Crippen LogP contribution in [0.4, 0.5) is 11.5 Å². The van der Waals surface area contributed by atoms with Crippen LogP contribution >= 0.6 is 0 Å². The maximum atomic E-state index is 12.0. The van der Waals surface area contributed by atoms with Crippen molar-refractivity contribution in [2.45, 2.75) is 26.2 Å². The van der Waals surface area contributed by atoms with Crippen LogP contribution in [0, 0.1) is 5.92 Å². The minimum atomic E-state index is -0.628. The van der Waals surface area contributed by atoms with Crippen molar-refractivity contribution in [3.8, 4) is 0 Å². The molecule has 3 rings (SSSR count). The second kappa shape index (κ2) is 9.12. The molecule has 2 amide bonds. The molecular weight excluding hydrogens is 342 g/mol. The topological polar surface area (TPSA) is 87.2 Å². The number of aryl methyl sites for hydroxylation is 1. The van der Waals surface area contributed by atoms with E-state index in [2.05, 4.69) is 32.4 Å². The minimum Gasteiger partial charge on any atom is -0.355 e. The zero-order valence-corrected chi connectivity index (χ0v) is 15.5. The monoisotopic (exact) mass is 367 g/mol. The van der Waals surface area contributed by atoms with Crippen LogP contribution in [0.1, 0.15) is 25.3 Å². The molecule has 0 atom stereocenters. The standard InChI is InChI=1S/C20H25N5O2/c1-2-15-3-5-17(6-4-15)24-20(27)19(26)23-13-16-7-11-25(12-8-16)18-14-21-9-10-22-18/h3-6,9-10,14,16H,2,7-8,11-13H2,1H3,(H,23,26)(H,24,27). The highest BCUT2D eigenvalue weighted by Crippen LogP contribution is 2.20. The fourth-order valence-corrected chi connectivity index (χ4v) is 3.15. The highest BCUT2D eigenvalue weighted by molar-refractivity contribution is 6.39. The van der Waals surface area contributed by atoms with E-state index in [9.17, 15) is 9.59 Å². The average molecular weight is 367 g/mol. The van der Waals surface area contributed by atoms with Crippen molar-refractivity contribution in [3.63, 3.8) is 0 Å². The lowest BCUT2D eigenvalue weighted by molar-refractivity contribution is -0.136. The van der Waals surface area contributed by atoms with Crippen LogP contribution in [-0.4, -0.2) is 41.4 Å². The van der Waals surface area contributed by atoms with Crippen molar-refractivity contribution in [2.24, 2.45) is 5.92 Å². The van der Waals surface area contributed by atoms with Gasteiger partial charge < -0.3 is 15.5 Å². The molecule has 2 aromatic rings. The summed E-state index contributed by atoms with van der Waals surface area (Å²) in [7, 11) is 0. The van der Waals surface area contributed by atoms with E-state index in [0.717, 1.165) is 38.2 Å². The van der Waals surface area contributed by atoms with Crippen molar-refractivity contribution in [1.29, 1.82) is 0 Å². The van der Waals surface area contributed by atoms with Crippen LogP contribution < -0.4 is 15.5 Å². The largest absolute Gasteiger partial charge is 0.355 e. The van der Waals surface area contributed by atoms with Crippen molar-refractivity contribution in [3.05, 3.63) is 48.4 Å². The van der Waals surface area contributed by atoms with Gasteiger partial charge in [0.05, 0.1) is 6.20 Å². The fourth-order valence-electron chi connectivity index (χ4n) is 3.15. The summed E-state index contributed by atoms with van der Waals surface area (Å²) in [6.07, 6.45) is 7.93. The third-order valence-electron chi connectivity index (χ3n) is 4.87. The van der Waals surface area contributed by atoms with Crippen molar-refractivity contribution in [2.75, 3.05) is 29.9 Å². The molecule has 2 heterocycles. The van der Waals surface area contributed by atoms with Crippen LogP contribution in [-0.2, 0) is 16.0 Å². The van der Waals surface area contributed by atoms with Gasteiger partial charge >= 0.3 is 11.8 Å². The van der Waals surface area contributed by atoms with E-state index in [1.165, 1.54) is 5.56 Å². The molecule has 1 fully saturated rings. The van der Waals surface area contributed by atoms with Crippen LogP contribution in [0.25, 0.3) is 0 Å². The van der Waals surface area contributed by atoms with E-state index in [-0.39, 0.29) is 0 Å². The Bertz CT molecular complexity index is 756. The summed E-state index contributed by atoms with van der Waals surface area (Å²) in [5.74, 6) is 0.0223. The van der Waals surface area contributed by atoms with Crippen LogP contribution in [0.3, 0.4) is 0 Å². The molecular formula is C20H25N5O2. The van der Waals surface area contributed by atoms with Crippen LogP contribution in [0.5, 0.6) is 0 Å². The summed E-state index contributed by atoms with van der Waals surface area (Å²) in [5, 5.41) is 5.39. The first-order valence-corrected chi connectivity index (χ1v) is 9.34. The number of anilines is 2. The normalized spacial score (nSPS) is 14.6. The number of benzene rings is 1. The van der Waals surface area contributed by atoms with Gasteiger partial charge in [-0.3, -0.25) is 14.6 Å². The van der Waals surface area contributed by atoms with Gasteiger partial charge in [0.25, 0.3) is 0 Å². The third kappa shape index (κ3) is 5.26. The predicted octanol–water partition coefficient (Wildman–Crippen LogP) is 2.01. The SMILES string of the molecule is CCc1ccc(NC(=O)C(=O)NCC2CCN(c3cnccn3)CC2)cc1. The molecule has 0 spiro atoms. The van der Waals surface area contributed by atoms with E-state index in [1.807, 2.05) is 24.3 Å². The zero-order chi connectivity index (χ0) is 19.1. The lowest BCUT2D eigenvalue weighted by atomic mass is 9.97. The van der Waals surface area contributed by atoms with E-state index < -0.39 is 11.8 Å². The van der Waals surface area contributed by atoms with Crippen molar-refractivity contribution >= 4 is 23.3 Å². The van der Waals surface area contributed by atoms with E-state index in [0.29, 0.717) is 18.2 Å². The zero-order valence-electron chi connectivity index (χ0n) is 15.5. The molecule has 1 aromatic carbocycles. The fraction of sp³-hybridized carbons (Fsp3) is 0.400. The Morgan fingerprint density at radius 2 is 1.85 bits per heavy atom. The number of amides is 2.